The molecular formula is C25H25F4N3OS. The van der Waals surface area contributed by atoms with Crippen LogP contribution >= 0.6 is 0 Å². The molecule has 2 aromatic carbocycles. The number of hydrogen-bond donors (Lipinski definition) is 1. The molecule has 0 spiro atoms. The minimum absolute atomic E-state index is 0.0152. The molecule has 1 saturated carbocycles. The molecule has 0 aliphatic heterocycles. The summed E-state index contributed by atoms with van der Waals surface area (Å²) < 4.78 is 73.6. The molecule has 0 bridgehead atoms. The van der Waals surface area contributed by atoms with Crippen LogP contribution in [0.4, 0.5) is 17.6 Å². The van der Waals surface area contributed by atoms with E-state index in [0.717, 1.165) is 0 Å². The molecule has 34 heavy (non-hydrogen) atoms. The van der Waals surface area contributed by atoms with Gasteiger partial charge in [-0.05, 0) is 36.0 Å². The molecule has 0 radical (unpaired) electrons. The van der Waals surface area contributed by atoms with Crippen LogP contribution in [0.1, 0.15) is 50.8 Å². The van der Waals surface area contributed by atoms with Crippen LogP contribution in [0.25, 0.3) is 22.0 Å². The van der Waals surface area contributed by atoms with E-state index in [0.29, 0.717) is 35.9 Å². The second kappa shape index (κ2) is 8.82. The minimum Gasteiger partial charge on any atom is -0.347 e. The average molecular weight is 492 g/mol. The molecule has 2 atom stereocenters. The van der Waals surface area contributed by atoms with Crippen LogP contribution < -0.4 is 4.72 Å². The van der Waals surface area contributed by atoms with Crippen molar-refractivity contribution in [2.24, 2.45) is 5.41 Å². The SMILES string of the molecule is CC(C)(C)Cn1cc([C@H](NS(=O)C2CC2)C(F)(F)F)c2ccc(-c3cccc(C#N)c3F)cc21. The van der Waals surface area contributed by atoms with Gasteiger partial charge >= 0.3 is 6.18 Å². The fraction of sp³-hybridized carbons (Fsp3) is 0.400. The average Bonchev–Trinajstić information content (AvgIpc) is 3.54. The minimum atomic E-state index is -4.66. The van der Waals surface area contributed by atoms with Gasteiger partial charge in [0.05, 0.1) is 16.5 Å². The van der Waals surface area contributed by atoms with Crippen LogP contribution in [0.5, 0.6) is 0 Å². The number of nitrogens with zero attached hydrogens (tertiary/aromatic N) is 2. The number of aromatic nitrogens is 1. The second-order valence-corrected chi connectivity index (χ2v) is 11.4. The lowest BCUT2D eigenvalue weighted by atomic mass is 9.96. The first-order valence-corrected chi connectivity index (χ1v) is 12.2. The molecule has 0 amide bonds. The van der Waals surface area contributed by atoms with Crippen molar-refractivity contribution < 1.29 is 21.8 Å². The molecule has 0 saturated heterocycles. The third-order valence-electron chi connectivity index (χ3n) is 5.69. The molecule has 3 aromatic rings. The lowest BCUT2D eigenvalue weighted by Crippen LogP contribution is -2.36. The van der Waals surface area contributed by atoms with E-state index in [1.54, 1.807) is 22.8 Å². The molecule has 4 nitrogen and oxygen atoms in total. The van der Waals surface area contributed by atoms with Gasteiger partial charge in [-0.15, -0.1) is 0 Å². The number of hydrogen-bond acceptors (Lipinski definition) is 2. The highest BCUT2D eigenvalue weighted by Crippen LogP contribution is 2.40. The summed E-state index contributed by atoms with van der Waals surface area (Å²) in [6.07, 6.45) is -1.91. The van der Waals surface area contributed by atoms with E-state index in [2.05, 4.69) is 4.72 Å². The maximum Gasteiger partial charge on any atom is 0.408 e. The fourth-order valence-corrected chi connectivity index (χ4v) is 5.25. The summed E-state index contributed by atoms with van der Waals surface area (Å²) in [5, 5.41) is 9.26. The van der Waals surface area contributed by atoms with E-state index in [4.69, 9.17) is 5.26 Å². The lowest BCUT2D eigenvalue weighted by molar-refractivity contribution is -0.152. The smallest absolute Gasteiger partial charge is 0.347 e. The zero-order valence-corrected chi connectivity index (χ0v) is 19.9. The van der Waals surface area contributed by atoms with Gasteiger partial charge in [0.1, 0.15) is 17.9 Å². The van der Waals surface area contributed by atoms with Crippen molar-refractivity contribution in [1.82, 2.24) is 9.29 Å². The first-order chi connectivity index (χ1) is 15.9. The highest BCUT2D eigenvalue weighted by atomic mass is 32.2. The Morgan fingerprint density at radius 1 is 1.21 bits per heavy atom. The Hall–Kier alpha value is -2.70. The van der Waals surface area contributed by atoms with Crippen LogP contribution in [-0.4, -0.2) is 20.2 Å². The lowest BCUT2D eigenvalue weighted by Gasteiger charge is -2.21. The zero-order chi connectivity index (χ0) is 24.8. The van der Waals surface area contributed by atoms with Crippen LogP contribution in [0.15, 0.2) is 42.6 Å². The van der Waals surface area contributed by atoms with E-state index in [1.165, 1.54) is 24.4 Å². The summed E-state index contributed by atoms with van der Waals surface area (Å²) in [4.78, 5) is 0. The Morgan fingerprint density at radius 2 is 1.91 bits per heavy atom. The Morgan fingerprint density at radius 3 is 2.50 bits per heavy atom. The normalized spacial score (nSPS) is 16.4. The molecule has 1 unspecified atom stereocenters. The maximum atomic E-state index is 14.8. The molecule has 4 rings (SSSR count). The monoisotopic (exact) mass is 491 g/mol. The highest BCUT2D eigenvalue weighted by Gasteiger charge is 2.45. The van der Waals surface area contributed by atoms with E-state index in [9.17, 15) is 21.8 Å². The van der Waals surface area contributed by atoms with Crippen LogP contribution in [0.3, 0.4) is 0 Å². The number of benzene rings is 2. The second-order valence-electron chi connectivity index (χ2n) is 9.87. The summed E-state index contributed by atoms with van der Waals surface area (Å²) in [6, 6.07) is 8.93. The van der Waals surface area contributed by atoms with Gasteiger partial charge in [-0.1, -0.05) is 45.0 Å². The van der Waals surface area contributed by atoms with Gasteiger partial charge in [-0.2, -0.15) is 18.4 Å². The molecule has 1 aliphatic rings. The molecule has 1 N–H and O–H groups in total. The number of rotatable bonds is 6. The largest absolute Gasteiger partial charge is 0.408 e. The highest BCUT2D eigenvalue weighted by molar-refractivity contribution is 7.84. The maximum absolute atomic E-state index is 14.8. The quantitative estimate of drug-likeness (QED) is 0.407. The molecule has 180 valence electrons. The summed E-state index contributed by atoms with van der Waals surface area (Å²) in [7, 11) is -1.79. The van der Waals surface area contributed by atoms with Crippen LogP contribution in [0.2, 0.25) is 0 Å². The topological polar surface area (TPSA) is 57.8 Å². The molecule has 1 heterocycles. The first-order valence-electron chi connectivity index (χ1n) is 10.9. The van der Waals surface area contributed by atoms with Gasteiger partial charge in [0, 0.05) is 40.0 Å². The Balaban J connectivity index is 1.88. The van der Waals surface area contributed by atoms with Crippen molar-refractivity contribution in [3.8, 4) is 17.2 Å². The van der Waals surface area contributed by atoms with E-state index >= 15 is 0 Å². The predicted molar refractivity (Wildman–Crippen MR) is 125 cm³/mol. The Labute approximate surface area is 198 Å². The molecule has 9 heteroatoms. The Kier molecular flexibility index (Phi) is 6.34. The van der Waals surface area contributed by atoms with Crippen LogP contribution in [0, 0.1) is 22.6 Å². The summed E-state index contributed by atoms with van der Waals surface area (Å²) >= 11 is 0. The van der Waals surface area contributed by atoms with Gasteiger partial charge in [0.15, 0.2) is 0 Å². The van der Waals surface area contributed by atoms with Crippen molar-refractivity contribution in [2.75, 3.05) is 0 Å². The third-order valence-corrected chi connectivity index (χ3v) is 7.23. The third kappa shape index (κ3) is 5.03. The van der Waals surface area contributed by atoms with E-state index < -0.39 is 29.0 Å². The van der Waals surface area contributed by atoms with Crippen molar-refractivity contribution in [2.45, 2.75) is 57.6 Å². The number of nitriles is 1. The fourth-order valence-electron chi connectivity index (χ4n) is 4.00. The number of alkyl halides is 3. The number of nitrogens with one attached hydrogen (secondary N) is 1. The van der Waals surface area contributed by atoms with Crippen LogP contribution in [-0.2, 0) is 17.5 Å². The van der Waals surface area contributed by atoms with Gasteiger partial charge in [0.25, 0.3) is 0 Å². The van der Waals surface area contributed by atoms with E-state index in [1.807, 2.05) is 26.8 Å². The van der Waals surface area contributed by atoms with Crippen molar-refractivity contribution in [3.05, 3.63) is 59.5 Å². The number of fused-ring (bicyclic) bond motifs is 1. The summed E-state index contributed by atoms with van der Waals surface area (Å²) in [5.41, 5.74) is 0.804. The first kappa shape index (κ1) is 24.4. The molecule has 1 fully saturated rings. The standard InChI is InChI=1S/C25H25F4N3OS/c1-24(2,3)14-32-13-20(23(25(27,28)29)31-34(33)17-8-9-17)19-10-7-15(11-21(19)32)18-6-4-5-16(12-30)22(18)26/h4-7,10-11,13,17,23,31H,8-9,14H2,1-3H3/t23-,34?/m0/s1. The van der Waals surface area contributed by atoms with Gasteiger partial charge in [-0.3, -0.25) is 0 Å². The van der Waals surface area contributed by atoms with Crippen molar-refractivity contribution in [3.63, 3.8) is 0 Å². The zero-order valence-electron chi connectivity index (χ0n) is 19.0. The van der Waals surface area contributed by atoms with Gasteiger partial charge < -0.3 is 4.57 Å². The van der Waals surface area contributed by atoms with E-state index in [-0.39, 0.29) is 27.4 Å². The molecule has 1 aliphatic carbocycles. The van der Waals surface area contributed by atoms with Gasteiger partial charge in [-0.25, -0.2) is 13.3 Å². The number of halogens is 4. The predicted octanol–water partition coefficient (Wildman–Crippen LogP) is 6.38. The van der Waals surface area contributed by atoms with Crippen molar-refractivity contribution >= 4 is 21.9 Å². The molecular weight excluding hydrogens is 466 g/mol. The summed E-state index contributed by atoms with van der Waals surface area (Å²) in [5.74, 6) is -0.673. The van der Waals surface area contributed by atoms with Crippen molar-refractivity contribution in [1.29, 1.82) is 5.26 Å². The van der Waals surface area contributed by atoms with Gasteiger partial charge in [0.2, 0.25) is 0 Å². The molecule has 1 aromatic heterocycles. The Bertz CT molecular complexity index is 1300. The summed E-state index contributed by atoms with van der Waals surface area (Å²) in [6.45, 7) is 6.34.